The fraction of sp³-hybridized carbons (Fsp3) is 0. The van der Waals surface area contributed by atoms with E-state index in [1.807, 2.05) is 0 Å². The van der Waals surface area contributed by atoms with Gasteiger partial charge in [-0.25, -0.2) is 53.6 Å². The quantitative estimate of drug-likeness (QED) is 0.168. The summed E-state index contributed by atoms with van der Waals surface area (Å²) < 4.78 is 143. The third kappa shape index (κ3) is 8.99. The summed E-state index contributed by atoms with van der Waals surface area (Å²) in [5, 5.41) is 0. The number of rotatable bonds is 8. The van der Waals surface area contributed by atoms with E-state index in [-0.39, 0.29) is 23.9 Å². The molecular formula is C44H24N4O12S4Sn. The van der Waals surface area contributed by atoms with Gasteiger partial charge in [0.2, 0.25) is 0 Å². The number of hydrogen-bond donors (Lipinski definition) is 0. The Balaban J connectivity index is 0.00000576. The molecule has 5 aliphatic heterocycles. The number of allylic oxidation sites excluding steroid dienone is 12. The second-order valence-electron chi connectivity index (χ2n) is 14.3. The fourth-order valence-electron chi connectivity index (χ4n) is 7.42. The zero-order valence-electron chi connectivity index (χ0n) is 32.7. The van der Waals surface area contributed by atoms with Crippen molar-refractivity contribution in [1.82, 2.24) is 0 Å². The second-order valence-corrected chi connectivity index (χ2v) is 19.8. The van der Waals surface area contributed by atoms with Gasteiger partial charge < -0.3 is 18.2 Å². The van der Waals surface area contributed by atoms with Crippen LogP contribution in [-0.2, 0) is 40.5 Å². The normalized spacial score (nSPS) is 17.2. The summed E-state index contributed by atoms with van der Waals surface area (Å²) in [6.45, 7) is 0. The van der Waals surface area contributed by atoms with Crippen molar-refractivity contribution < 1.29 is 51.9 Å². The van der Waals surface area contributed by atoms with Gasteiger partial charge in [0, 0.05) is 22.3 Å². The molecule has 4 aromatic rings. The standard InChI is InChI=1S/C44H28N4O12S4.Sn/c49-61(50,51)29-9-1-25(2-10-29)41-33-17-19-35(45-33)42(26-3-11-30(12-4-26)62(52,53)54)37-21-23-39(47-37)44(28-7-15-32(16-8-28)64(58,59)60)40-24-22-38(48-40)43(36-20-18-34(41)46-36)27-5-13-31(14-6-27)63(55,56)57;/h1-24H,(H,49,50,51)(H,52,53,54)(H,55,56,57)(H,58,59,60);/q;+4/p-4. The molecule has 0 fully saturated rings. The van der Waals surface area contributed by atoms with Crippen LogP contribution in [0, 0.1) is 0 Å². The van der Waals surface area contributed by atoms with Crippen molar-refractivity contribution in [3.63, 3.8) is 0 Å². The first kappa shape index (κ1) is 45.5. The summed E-state index contributed by atoms with van der Waals surface area (Å²) in [4.78, 5) is 18.0. The maximum absolute atomic E-state index is 11.9. The maximum Gasteiger partial charge on any atom is 4.00 e. The van der Waals surface area contributed by atoms with Gasteiger partial charge in [-0.3, -0.25) is 0 Å². The van der Waals surface area contributed by atoms with Gasteiger partial charge in [0.15, 0.2) is 0 Å². The van der Waals surface area contributed by atoms with Gasteiger partial charge in [-0.2, -0.15) is 0 Å². The fourth-order valence-corrected chi connectivity index (χ4v) is 9.30. The molecule has 320 valence electrons. The Morgan fingerprint density at radius 2 is 0.446 bits per heavy atom. The minimum Gasteiger partial charge on any atom is -0.744 e. The number of hydrogen-bond acceptors (Lipinski definition) is 16. The summed E-state index contributed by atoms with van der Waals surface area (Å²) in [5.41, 5.74) is 5.63. The number of aliphatic imine (C=N–C) groups is 4. The number of nitrogens with zero attached hydrogens (tertiary/aromatic N) is 4. The summed E-state index contributed by atoms with van der Waals surface area (Å²) in [6, 6.07) is 20.6. The molecule has 0 saturated carbocycles. The van der Waals surface area contributed by atoms with Crippen molar-refractivity contribution in [2.24, 2.45) is 20.0 Å². The summed E-state index contributed by atoms with van der Waals surface area (Å²) in [6.07, 6.45) is 13.3. The minimum absolute atomic E-state index is 0. The van der Waals surface area contributed by atoms with Crippen LogP contribution in [0.4, 0.5) is 0 Å². The van der Waals surface area contributed by atoms with E-state index in [2.05, 4.69) is 0 Å². The molecule has 0 radical (unpaired) electrons. The van der Waals surface area contributed by atoms with Gasteiger partial charge in [-0.05, 0) is 119 Å². The number of benzene rings is 4. The monoisotopic (exact) mass is 1050 g/mol. The van der Waals surface area contributed by atoms with E-state index in [4.69, 9.17) is 20.0 Å². The van der Waals surface area contributed by atoms with E-state index in [1.165, 1.54) is 48.5 Å². The zero-order valence-corrected chi connectivity index (χ0v) is 38.8. The van der Waals surface area contributed by atoms with Crippen LogP contribution in [0.2, 0.25) is 0 Å². The molecule has 8 bridgehead atoms. The van der Waals surface area contributed by atoms with E-state index >= 15 is 0 Å². The molecule has 0 amide bonds. The molecule has 0 N–H and O–H groups in total. The molecule has 0 unspecified atom stereocenters. The van der Waals surface area contributed by atoms with E-state index < -0.39 is 60.1 Å². The molecule has 0 aromatic heterocycles. The Hall–Kier alpha value is -6.08. The van der Waals surface area contributed by atoms with Crippen LogP contribution in [-0.4, -0.2) is 98.6 Å². The maximum atomic E-state index is 11.9. The smallest absolute Gasteiger partial charge is 0.744 e. The third-order valence-electron chi connectivity index (χ3n) is 10.3. The first-order valence-electron chi connectivity index (χ1n) is 18.5. The molecule has 5 aliphatic rings. The first-order chi connectivity index (χ1) is 30.2. The Kier molecular flexibility index (Phi) is 11.7. The molecule has 0 saturated heterocycles. The predicted octanol–water partition coefficient (Wildman–Crippen LogP) is 4.92. The van der Waals surface area contributed by atoms with Crippen molar-refractivity contribution in [1.29, 1.82) is 0 Å². The van der Waals surface area contributed by atoms with E-state index in [0.29, 0.717) is 90.2 Å². The average Bonchev–Trinajstić information content (AvgIpc) is 4.08. The molecule has 5 heterocycles. The second kappa shape index (κ2) is 16.7. The Morgan fingerprint density at radius 3 is 0.600 bits per heavy atom. The van der Waals surface area contributed by atoms with Crippen LogP contribution in [0.1, 0.15) is 22.3 Å². The largest absolute Gasteiger partial charge is 4.00 e. The van der Waals surface area contributed by atoms with Gasteiger partial charge >= 0.3 is 23.9 Å². The van der Waals surface area contributed by atoms with Gasteiger partial charge in [-0.1, -0.05) is 48.5 Å². The molecule has 4 aromatic carbocycles. The van der Waals surface area contributed by atoms with Gasteiger partial charge in [0.1, 0.15) is 40.5 Å². The van der Waals surface area contributed by atoms with Crippen molar-refractivity contribution in [2.75, 3.05) is 0 Å². The average molecular weight is 1050 g/mol. The molecule has 21 heteroatoms. The van der Waals surface area contributed by atoms with Crippen molar-refractivity contribution in [3.05, 3.63) is 191 Å². The number of fused-ring (bicyclic) bond motifs is 4. The van der Waals surface area contributed by atoms with Gasteiger partial charge in [0.05, 0.1) is 65.2 Å². The first-order valence-corrected chi connectivity index (χ1v) is 24.2. The third-order valence-corrected chi connectivity index (χ3v) is 13.7. The molecule has 0 spiro atoms. The molecular weight excluding hydrogens is 1020 g/mol. The van der Waals surface area contributed by atoms with E-state index in [9.17, 15) is 51.9 Å². The summed E-state index contributed by atoms with van der Waals surface area (Å²) in [7, 11) is -19.3. The van der Waals surface area contributed by atoms with Crippen LogP contribution in [0.25, 0.3) is 22.3 Å². The minimum atomic E-state index is -4.82. The van der Waals surface area contributed by atoms with Crippen molar-refractivity contribution in [3.8, 4) is 0 Å². The van der Waals surface area contributed by atoms with Crippen LogP contribution < -0.4 is 0 Å². The molecule has 9 rings (SSSR count). The molecule has 65 heavy (non-hydrogen) atoms. The van der Waals surface area contributed by atoms with Crippen LogP contribution in [0.15, 0.2) is 208 Å². The molecule has 0 aliphatic carbocycles. The van der Waals surface area contributed by atoms with Gasteiger partial charge in [-0.15, -0.1) is 0 Å². The van der Waals surface area contributed by atoms with E-state index in [0.717, 1.165) is 48.5 Å². The van der Waals surface area contributed by atoms with Crippen LogP contribution >= 0.6 is 0 Å². The summed E-state index contributed by atoms with van der Waals surface area (Å²) >= 11 is 0. The Labute approximate surface area is 389 Å². The molecule has 0 atom stereocenters. The van der Waals surface area contributed by atoms with Crippen molar-refractivity contribution >= 4 is 110 Å². The Morgan fingerprint density at radius 1 is 0.277 bits per heavy atom. The molecule has 16 nitrogen and oxygen atoms in total. The SMILES string of the molecule is O=S(=O)([O-])c1ccc(C2=C3C=CC(=N3)C(c3ccc(S(=O)(=O)[O-])cc3)=C3C=CC(=N3)C(c3ccc(S(=O)(=O)[O-])cc3)=C3C=CC(=N3)C(c3ccc(S(=O)(=O)[O-])cc3)=C3C=CC2=N3)cc1.[Sn+4]. The van der Waals surface area contributed by atoms with Crippen LogP contribution in [0.3, 0.4) is 0 Å². The summed E-state index contributed by atoms with van der Waals surface area (Å²) in [5.74, 6) is 0. The topological polar surface area (TPSA) is 278 Å². The van der Waals surface area contributed by atoms with Crippen LogP contribution in [0.5, 0.6) is 0 Å². The zero-order chi connectivity index (χ0) is 45.3. The van der Waals surface area contributed by atoms with Crippen molar-refractivity contribution in [2.45, 2.75) is 19.6 Å². The Bertz CT molecular complexity index is 3150. The predicted molar refractivity (Wildman–Crippen MR) is 237 cm³/mol. The van der Waals surface area contributed by atoms with E-state index in [1.54, 1.807) is 48.6 Å². The van der Waals surface area contributed by atoms with Gasteiger partial charge in [0.25, 0.3) is 0 Å².